The molecule has 0 unspecified atom stereocenters. The molecule has 0 amide bonds. The quantitative estimate of drug-likeness (QED) is 0.510. The zero-order valence-corrected chi connectivity index (χ0v) is 20.4. The van der Waals surface area contributed by atoms with Gasteiger partial charge in [-0.1, -0.05) is 41.7 Å². The molecule has 1 aliphatic rings. The molecule has 0 spiro atoms. The summed E-state index contributed by atoms with van der Waals surface area (Å²) in [5.41, 5.74) is 2.54. The Balaban J connectivity index is 1.73. The van der Waals surface area contributed by atoms with Gasteiger partial charge in [-0.05, 0) is 50.6 Å². The predicted octanol–water partition coefficient (Wildman–Crippen LogP) is 3.00. The number of nitrogens with zero attached hydrogens (tertiary/aromatic N) is 2. The molecule has 1 N–H and O–H groups in total. The molecule has 8 nitrogen and oxygen atoms in total. The number of benzene rings is 2. The molecule has 2 aromatic carbocycles. The number of rotatable bonds is 7. The van der Waals surface area contributed by atoms with Crippen LogP contribution in [0, 0.1) is 0 Å². The van der Waals surface area contributed by atoms with Crippen LogP contribution in [0.2, 0.25) is 0 Å². The molecule has 0 aliphatic carbocycles. The standard InChI is InChI=1S/C26H25N3O5S/c1-4-33-24(31)18-11-13-19(14-12-18)27-15-20-23(30)29-22(17-9-7-6-8-10-17)21(25(32)34-5-2)16(3)28-26(29)35-20/h6-15,22,27H,4-5H2,1-3H3/b20-15-/t22-/m0/s1. The monoisotopic (exact) mass is 491 g/mol. The molecule has 0 radical (unpaired) electrons. The Morgan fingerprint density at radius 1 is 1.03 bits per heavy atom. The highest BCUT2D eigenvalue weighted by Crippen LogP contribution is 2.30. The number of ether oxygens (including phenoxy) is 2. The van der Waals surface area contributed by atoms with Crippen LogP contribution in [0.1, 0.15) is 42.7 Å². The number of allylic oxidation sites excluding steroid dienone is 1. The molecule has 35 heavy (non-hydrogen) atoms. The number of nitrogens with one attached hydrogen (secondary N) is 1. The molecule has 3 aromatic rings. The van der Waals surface area contributed by atoms with Gasteiger partial charge in [0.15, 0.2) is 4.80 Å². The molecule has 0 bridgehead atoms. The first-order chi connectivity index (χ1) is 16.9. The summed E-state index contributed by atoms with van der Waals surface area (Å²) in [6, 6.07) is 15.5. The molecule has 0 saturated carbocycles. The summed E-state index contributed by atoms with van der Waals surface area (Å²) in [5, 5.41) is 3.10. The maximum atomic E-state index is 13.5. The normalized spacial score (nSPS) is 15.3. The van der Waals surface area contributed by atoms with Crippen molar-refractivity contribution in [1.29, 1.82) is 0 Å². The number of hydrogen-bond acceptors (Lipinski definition) is 8. The fourth-order valence-corrected chi connectivity index (χ4v) is 4.78. The number of esters is 2. The van der Waals surface area contributed by atoms with Crippen LogP contribution < -0.4 is 20.2 Å². The molecule has 1 aromatic heterocycles. The van der Waals surface area contributed by atoms with Crippen LogP contribution in [0.25, 0.3) is 6.20 Å². The Morgan fingerprint density at radius 2 is 1.69 bits per heavy atom. The van der Waals surface area contributed by atoms with Gasteiger partial charge in [0, 0.05) is 11.9 Å². The minimum atomic E-state index is -0.641. The minimum Gasteiger partial charge on any atom is -0.463 e. The van der Waals surface area contributed by atoms with Gasteiger partial charge in [-0.15, -0.1) is 0 Å². The summed E-state index contributed by atoms with van der Waals surface area (Å²) < 4.78 is 12.3. The summed E-state index contributed by atoms with van der Waals surface area (Å²) in [5.74, 6) is -0.877. The second-order valence-corrected chi connectivity index (χ2v) is 8.66. The van der Waals surface area contributed by atoms with Crippen LogP contribution in [0.4, 0.5) is 5.69 Å². The van der Waals surface area contributed by atoms with Crippen molar-refractivity contribution < 1.29 is 19.1 Å². The van der Waals surface area contributed by atoms with E-state index in [0.29, 0.717) is 38.5 Å². The van der Waals surface area contributed by atoms with Crippen LogP contribution in [0.3, 0.4) is 0 Å². The molecular formula is C26H25N3O5S. The first kappa shape index (κ1) is 24.2. The molecule has 180 valence electrons. The van der Waals surface area contributed by atoms with Crippen molar-refractivity contribution in [3.8, 4) is 0 Å². The lowest BCUT2D eigenvalue weighted by Crippen LogP contribution is -2.40. The Labute approximate surface area is 205 Å². The molecule has 2 heterocycles. The molecular weight excluding hydrogens is 466 g/mol. The summed E-state index contributed by atoms with van der Waals surface area (Å²) in [6.45, 7) is 5.78. The van der Waals surface area contributed by atoms with E-state index in [-0.39, 0.29) is 18.1 Å². The fourth-order valence-electron chi connectivity index (χ4n) is 3.81. The van der Waals surface area contributed by atoms with Crippen LogP contribution >= 0.6 is 11.3 Å². The molecule has 1 atom stereocenters. The molecule has 1 aliphatic heterocycles. The minimum absolute atomic E-state index is 0.223. The third kappa shape index (κ3) is 4.95. The maximum Gasteiger partial charge on any atom is 0.338 e. The van der Waals surface area contributed by atoms with Crippen molar-refractivity contribution in [3.05, 3.63) is 96.7 Å². The number of anilines is 1. The van der Waals surface area contributed by atoms with Gasteiger partial charge in [0.2, 0.25) is 0 Å². The Kier molecular flexibility index (Phi) is 7.26. The van der Waals surface area contributed by atoms with Crippen LogP contribution in [-0.2, 0) is 14.3 Å². The fraction of sp³-hybridized carbons (Fsp3) is 0.231. The highest BCUT2D eigenvalue weighted by molar-refractivity contribution is 7.07. The number of fused-ring (bicyclic) bond motifs is 1. The van der Waals surface area contributed by atoms with Gasteiger partial charge in [0.05, 0.1) is 36.1 Å². The lowest BCUT2D eigenvalue weighted by molar-refractivity contribution is -0.139. The Hall–Kier alpha value is -3.98. The van der Waals surface area contributed by atoms with Crippen molar-refractivity contribution >= 4 is 35.2 Å². The third-order valence-electron chi connectivity index (χ3n) is 5.40. The first-order valence-electron chi connectivity index (χ1n) is 11.2. The number of carbonyl (C=O) groups excluding carboxylic acids is 2. The highest BCUT2D eigenvalue weighted by atomic mass is 32.1. The summed E-state index contributed by atoms with van der Waals surface area (Å²) >= 11 is 1.23. The summed E-state index contributed by atoms with van der Waals surface area (Å²) in [4.78, 5) is 43.2. The molecule has 4 rings (SSSR count). The smallest absolute Gasteiger partial charge is 0.338 e. The predicted molar refractivity (Wildman–Crippen MR) is 134 cm³/mol. The van der Waals surface area contributed by atoms with Crippen molar-refractivity contribution in [3.63, 3.8) is 0 Å². The Morgan fingerprint density at radius 3 is 2.34 bits per heavy atom. The van der Waals surface area contributed by atoms with Crippen molar-refractivity contribution in [2.45, 2.75) is 26.8 Å². The van der Waals surface area contributed by atoms with Crippen LogP contribution in [0.15, 0.2) is 75.7 Å². The van der Waals surface area contributed by atoms with Gasteiger partial charge < -0.3 is 14.8 Å². The average Bonchev–Trinajstić information content (AvgIpc) is 3.17. The lowest BCUT2D eigenvalue weighted by atomic mass is 9.96. The summed E-state index contributed by atoms with van der Waals surface area (Å²) in [6.07, 6.45) is 1.61. The van der Waals surface area contributed by atoms with Gasteiger partial charge >= 0.3 is 11.9 Å². The summed E-state index contributed by atoms with van der Waals surface area (Å²) in [7, 11) is 0. The van der Waals surface area contributed by atoms with Gasteiger partial charge in [-0.25, -0.2) is 14.6 Å². The number of hydrogen-bond donors (Lipinski definition) is 1. The molecule has 9 heteroatoms. The second-order valence-electron chi connectivity index (χ2n) is 7.66. The van der Waals surface area contributed by atoms with Gasteiger partial charge in [-0.3, -0.25) is 9.36 Å². The number of thiazole rings is 1. The van der Waals surface area contributed by atoms with E-state index in [4.69, 9.17) is 9.47 Å². The number of carbonyl (C=O) groups is 2. The van der Waals surface area contributed by atoms with E-state index in [1.807, 2.05) is 30.3 Å². The largest absolute Gasteiger partial charge is 0.463 e. The van der Waals surface area contributed by atoms with E-state index in [2.05, 4.69) is 10.3 Å². The van der Waals surface area contributed by atoms with Crippen molar-refractivity contribution in [2.75, 3.05) is 18.5 Å². The molecule has 0 fully saturated rings. The van der Waals surface area contributed by atoms with Gasteiger partial charge in [0.25, 0.3) is 5.56 Å². The second kappa shape index (κ2) is 10.5. The van der Waals surface area contributed by atoms with Crippen LogP contribution in [0.5, 0.6) is 0 Å². The topological polar surface area (TPSA) is 99.0 Å². The maximum absolute atomic E-state index is 13.5. The van der Waals surface area contributed by atoms with Crippen LogP contribution in [-0.4, -0.2) is 29.7 Å². The van der Waals surface area contributed by atoms with E-state index in [1.54, 1.807) is 51.2 Å². The van der Waals surface area contributed by atoms with E-state index < -0.39 is 12.0 Å². The van der Waals surface area contributed by atoms with Gasteiger partial charge in [-0.2, -0.15) is 0 Å². The van der Waals surface area contributed by atoms with E-state index in [9.17, 15) is 14.4 Å². The van der Waals surface area contributed by atoms with E-state index in [1.165, 1.54) is 15.9 Å². The van der Waals surface area contributed by atoms with Crippen molar-refractivity contribution in [2.24, 2.45) is 4.99 Å². The van der Waals surface area contributed by atoms with E-state index in [0.717, 1.165) is 5.56 Å². The van der Waals surface area contributed by atoms with Gasteiger partial charge in [0.1, 0.15) is 4.53 Å². The SMILES string of the molecule is CCOC(=O)C1=C(C)N=c2s/c(=C\Nc3ccc(C(=O)OCC)cc3)c(=O)n2[C@H]1c1ccccc1. The highest BCUT2D eigenvalue weighted by Gasteiger charge is 2.33. The van der Waals surface area contributed by atoms with E-state index >= 15 is 0 Å². The molecule has 0 saturated heterocycles. The first-order valence-corrected chi connectivity index (χ1v) is 12.0. The lowest BCUT2D eigenvalue weighted by Gasteiger charge is -2.24. The number of aromatic nitrogens is 1. The third-order valence-corrected chi connectivity index (χ3v) is 6.38. The average molecular weight is 492 g/mol. The van der Waals surface area contributed by atoms with Crippen molar-refractivity contribution in [1.82, 2.24) is 4.57 Å². The zero-order chi connectivity index (χ0) is 24.9. The zero-order valence-electron chi connectivity index (χ0n) is 19.6. The Bertz CT molecular complexity index is 1450.